The fraction of sp³-hybridized carbons (Fsp3) is 0.538. The molecule has 17 heavy (non-hydrogen) atoms. The summed E-state index contributed by atoms with van der Waals surface area (Å²) in [7, 11) is 0. The van der Waals surface area contributed by atoms with Gasteiger partial charge in [0.25, 0.3) is 0 Å². The van der Waals surface area contributed by atoms with Gasteiger partial charge in [0.2, 0.25) is 0 Å². The number of benzene rings is 1. The fourth-order valence-corrected chi connectivity index (χ4v) is 3.17. The maximum atomic E-state index is 6.31. The van der Waals surface area contributed by atoms with Gasteiger partial charge in [-0.2, -0.15) is 0 Å². The van der Waals surface area contributed by atoms with Crippen molar-refractivity contribution in [2.24, 2.45) is 5.92 Å². The first-order valence-corrected chi connectivity index (χ1v) is 7.47. The van der Waals surface area contributed by atoms with Gasteiger partial charge in [0, 0.05) is 28.0 Å². The standard InChI is InChI=1S/C13H16BrCl2N/c1-9-4-5-17(8-13(9)16)7-10-2-3-11(14)6-12(10)15/h2-3,6,9,13H,4-5,7-8H2,1H3. The normalized spacial score (nSPS) is 26.1. The smallest absolute Gasteiger partial charge is 0.0489 e. The van der Waals surface area contributed by atoms with Crippen LogP contribution >= 0.6 is 39.1 Å². The van der Waals surface area contributed by atoms with E-state index >= 15 is 0 Å². The van der Waals surface area contributed by atoms with Gasteiger partial charge in [-0.1, -0.05) is 40.5 Å². The Labute approximate surface area is 121 Å². The molecule has 0 saturated carbocycles. The van der Waals surface area contributed by atoms with Crippen LogP contribution in [0.4, 0.5) is 0 Å². The Morgan fingerprint density at radius 1 is 1.47 bits per heavy atom. The number of hydrogen-bond donors (Lipinski definition) is 0. The second-order valence-electron chi connectivity index (χ2n) is 4.75. The molecular weight excluding hydrogens is 321 g/mol. The maximum Gasteiger partial charge on any atom is 0.0489 e. The van der Waals surface area contributed by atoms with Crippen LogP contribution in [0.3, 0.4) is 0 Å². The molecule has 2 unspecified atom stereocenters. The van der Waals surface area contributed by atoms with E-state index in [0.29, 0.717) is 5.92 Å². The average Bonchev–Trinajstić information content (AvgIpc) is 2.27. The highest BCUT2D eigenvalue weighted by atomic mass is 79.9. The molecule has 4 heteroatoms. The van der Waals surface area contributed by atoms with Crippen LogP contribution < -0.4 is 0 Å². The van der Waals surface area contributed by atoms with Gasteiger partial charge in [-0.25, -0.2) is 0 Å². The Morgan fingerprint density at radius 3 is 2.88 bits per heavy atom. The molecule has 1 heterocycles. The summed E-state index contributed by atoms with van der Waals surface area (Å²) in [5, 5.41) is 1.09. The Kier molecular flexibility index (Phi) is 4.76. The van der Waals surface area contributed by atoms with E-state index in [2.05, 4.69) is 33.8 Å². The van der Waals surface area contributed by atoms with Crippen LogP contribution in [-0.2, 0) is 6.54 Å². The van der Waals surface area contributed by atoms with E-state index in [4.69, 9.17) is 23.2 Å². The van der Waals surface area contributed by atoms with Crippen LogP contribution in [0.15, 0.2) is 22.7 Å². The van der Waals surface area contributed by atoms with E-state index in [1.807, 2.05) is 12.1 Å². The van der Waals surface area contributed by atoms with Gasteiger partial charge in [-0.05, 0) is 36.6 Å². The minimum Gasteiger partial charge on any atom is -0.298 e. The molecule has 0 aliphatic carbocycles. The molecule has 1 aromatic rings. The summed E-state index contributed by atoms with van der Waals surface area (Å²) in [6, 6.07) is 6.06. The van der Waals surface area contributed by atoms with Crippen molar-refractivity contribution in [3.8, 4) is 0 Å². The lowest BCUT2D eigenvalue weighted by atomic mass is 9.98. The van der Waals surface area contributed by atoms with Crippen molar-refractivity contribution in [3.05, 3.63) is 33.3 Å². The first-order valence-electron chi connectivity index (χ1n) is 5.86. The summed E-state index contributed by atoms with van der Waals surface area (Å²) in [6.45, 7) is 5.18. The topological polar surface area (TPSA) is 3.24 Å². The molecule has 0 spiro atoms. The maximum absolute atomic E-state index is 6.31. The van der Waals surface area contributed by atoms with Gasteiger partial charge in [0.1, 0.15) is 0 Å². The van der Waals surface area contributed by atoms with Crippen LogP contribution in [0, 0.1) is 5.92 Å². The quantitative estimate of drug-likeness (QED) is 0.716. The van der Waals surface area contributed by atoms with Crippen molar-refractivity contribution in [1.29, 1.82) is 0 Å². The Hall–Kier alpha value is 0.240. The number of rotatable bonds is 2. The molecule has 0 aromatic heterocycles. The molecule has 0 bridgehead atoms. The molecule has 2 rings (SSSR count). The first-order chi connectivity index (χ1) is 8.06. The summed E-state index contributed by atoms with van der Waals surface area (Å²) < 4.78 is 1.02. The van der Waals surface area contributed by atoms with E-state index in [9.17, 15) is 0 Å². The van der Waals surface area contributed by atoms with Gasteiger partial charge in [0.15, 0.2) is 0 Å². The molecule has 1 saturated heterocycles. The third kappa shape index (κ3) is 3.60. The minimum atomic E-state index is 0.262. The predicted molar refractivity (Wildman–Crippen MR) is 77.9 cm³/mol. The number of hydrogen-bond acceptors (Lipinski definition) is 1. The van der Waals surface area contributed by atoms with Crippen LogP contribution in [0.2, 0.25) is 5.02 Å². The fourth-order valence-electron chi connectivity index (χ4n) is 2.12. The Balaban J connectivity index is 2.01. The lowest BCUT2D eigenvalue weighted by Crippen LogP contribution is -2.39. The van der Waals surface area contributed by atoms with Crippen molar-refractivity contribution in [1.82, 2.24) is 4.90 Å². The average molecular weight is 337 g/mol. The number of halogens is 3. The number of nitrogens with zero attached hydrogens (tertiary/aromatic N) is 1. The molecule has 1 fully saturated rings. The highest BCUT2D eigenvalue weighted by Crippen LogP contribution is 2.26. The van der Waals surface area contributed by atoms with Crippen molar-refractivity contribution in [2.75, 3.05) is 13.1 Å². The third-order valence-electron chi connectivity index (χ3n) is 3.36. The van der Waals surface area contributed by atoms with Crippen molar-refractivity contribution in [3.63, 3.8) is 0 Å². The highest BCUT2D eigenvalue weighted by Gasteiger charge is 2.24. The lowest BCUT2D eigenvalue weighted by Gasteiger charge is -2.34. The monoisotopic (exact) mass is 335 g/mol. The molecule has 2 atom stereocenters. The van der Waals surface area contributed by atoms with E-state index in [-0.39, 0.29) is 5.38 Å². The molecule has 0 radical (unpaired) electrons. The van der Waals surface area contributed by atoms with Gasteiger partial charge in [-0.15, -0.1) is 11.6 Å². The third-order valence-corrected chi connectivity index (χ3v) is 4.77. The van der Waals surface area contributed by atoms with Crippen LogP contribution in [-0.4, -0.2) is 23.4 Å². The zero-order chi connectivity index (χ0) is 12.4. The highest BCUT2D eigenvalue weighted by molar-refractivity contribution is 9.10. The minimum absolute atomic E-state index is 0.262. The number of alkyl halides is 1. The van der Waals surface area contributed by atoms with Gasteiger partial charge >= 0.3 is 0 Å². The SMILES string of the molecule is CC1CCN(Cc2ccc(Br)cc2Cl)CC1Cl. The zero-order valence-electron chi connectivity index (χ0n) is 9.80. The van der Waals surface area contributed by atoms with Crippen molar-refractivity contribution < 1.29 is 0 Å². The number of piperidine rings is 1. The van der Waals surface area contributed by atoms with E-state index in [1.54, 1.807) is 0 Å². The van der Waals surface area contributed by atoms with Gasteiger partial charge in [0.05, 0.1) is 0 Å². The molecule has 1 aliphatic rings. The van der Waals surface area contributed by atoms with Crippen molar-refractivity contribution >= 4 is 39.1 Å². The molecule has 1 aromatic carbocycles. The van der Waals surface area contributed by atoms with Crippen LogP contribution in [0.5, 0.6) is 0 Å². The lowest BCUT2D eigenvalue weighted by molar-refractivity contribution is 0.189. The summed E-state index contributed by atoms with van der Waals surface area (Å²) in [5.41, 5.74) is 1.17. The first kappa shape index (κ1) is 13.7. The summed E-state index contributed by atoms with van der Waals surface area (Å²) in [4.78, 5) is 2.38. The van der Waals surface area contributed by atoms with E-state index in [1.165, 1.54) is 12.0 Å². The van der Waals surface area contributed by atoms with E-state index < -0.39 is 0 Å². The molecule has 0 amide bonds. The second kappa shape index (κ2) is 5.92. The van der Waals surface area contributed by atoms with Crippen molar-refractivity contribution in [2.45, 2.75) is 25.3 Å². The molecular formula is C13H16BrCl2N. The van der Waals surface area contributed by atoms with E-state index in [0.717, 1.165) is 29.1 Å². The van der Waals surface area contributed by atoms with Gasteiger partial charge < -0.3 is 0 Å². The molecule has 0 N–H and O–H groups in total. The summed E-state index contributed by atoms with van der Waals surface area (Å²) in [6.07, 6.45) is 1.17. The molecule has 1 nitrogen and oxygen atoms in total. The van der Waals surface area contributed by atoms with Gasteiger partial charge in [-0.3, -0.25) is 4.90 Å². The summed E-state index contributed by atoms with van der Waals surface area (Å²) >= 11 is 16.0. The summed E-state index contributed by atoms with van der Waals surface area (Å²) in [5.74, 6) is 0.619. The molecule has 1 aliphatic heterocycles. The Bertz CT molecular complexity index is 397. The van der Waals surface area contributed by atoms with Crippen LogP contribution in [0.25, 0.3) is 0 Å². The Morgan fingerprint density at radius 2 is 2.24 bits per heavy atom. The van der Waals surface area contributed by atoms with Crippen LogP contribution in [0.1, 0.15) is 18.9 Å². The number of likely N-dealkylation sites (tertiary alicyclic amines) is 1. The predicted octanol–water partition coefficient (Wildman–Crippen LogP) is 4.55. The second-order valence-corrected chi connectivity index (χ2v) is 6.64. The largest absolute Gasteiger partial charge is 0.298 e. The molecule has 94 valence electrons. The zero-order valence-corrected chi connectivity index (χ0v) is 12.9.